The van der Waals surface area contributed by atoms with E-state index < -0.39 is 6.09 Å². The molecular weight excluding hydrogens is 226 g/mol. The molecule has 0 spiro atoms. The Bertz CT molecular complexity index is 521. The number of aryl methyl sites for hydroxylation is 1. The van der Waals surface area contributed by atoms with Crippen molar-refractivity contribution in [3.8, 4) is 0 Å². The summed E-state index contributed by atoms with van der Waals surface area (Å²) in [6.45, 7) is 2.11. The molecule has 0 aliphatic carbocycles. The average Bonchev–Trinajstić information content (AvgIpc) is 2.61. The number of carbonyl (C=O) groups is 1. The quantitative estimate of drug-likeness (QED) is 0.822. The number of amides is 1. The van der Waals surface area contributed by atoms with Crippen LogP contribution in [0.3, 0.4) is 0 Å². The highest BCUT2D eigenvalue weighted by Gasteiger charge is 2.39. The van der Waals surface area contributed by atoms with Crippen LogP contribution in [-0.4, -0.2) is 28.2 Å². The first-order chi connectivity index (χ1) is 8.66. The molecule has 18 heavy (non-hydrogen) atoms. The maximum Gasteiger partial charge on any atom is 0.408 e. The molecule has 0 saturated carbocycles. The molecule has 1 saturated heterocycles. The van der Waals surface area contributed by atoms with Crippen molar-refractivity contribution in [2.75, 3.05) is 0 Å². The van der Waals surface area contributed by atoms with Crippen LogP contribution >= 0.6 is 0 Å². The van der Waals surface area contributed by atoms with Gasteiger partial charge in [0.05, 0.1) is 6.04 Å². The Morgan fingerprint density at radius 3 is 2.78 bits per heavy atom. The van der Waals surface area contributed by atoms with Gasteiger partial charge in [-0.1, -0.05) is 30.3 Å². The molecule has 2 bridgehead atoms. The minimum absolute atomic E-state index is 0.0795. The van der Waals surface area contributed by atoms with Crippen molar-refractivity contribution in [1.82, 2.24) is 4.90 Å². The molecular formula is C15H17NO2. The maximum absolute atomic E-state index is 11.2. The molecule has 2 unspecified atom stereocenters. The van der Waals surface area contributed by atoms with E-state index in [1.807, 2.05) is 6.07 Å². The number of rotatable bonds is 1. The molecule has 2 aliphatic heterocycles. The van der Waals surface area contributed by atoms with E-state index in [9.17, 15) is 9.90 Å². The minimum atomic E-state index is -0.775. The van der Waals surface area contributed by atoms with Crippen LogP contribution in [0.5, 0.6) is 0 Å². The maximum atomic E-state index is 11.2. The summed E-state index contributed by atoms with van der Waals surface area (Å²) in [5.74, 6) is 0. The molecule has 0 radical (unpaired) electrons. The van der Waals surface area contributed by atoms with Crippen LogP contribution in [0.2, 0.25) is 0 Å². The lowest BCUT2D eigenvalue weighted by atomic mass is 9.92. The Morgan fingerprint density at radius 2 is 2.11 bits per heavy atom. The molecule has 3 rings (SSSR count). The van der Waals surface area contributed by atoms with E-state index in [-0.39, 0.29) is 12.1 Å². The van der Waals surface area contributed by atoms with Gasteiger partial charge in [-0.15, -0.1) is 0 Å². The van der Waals surface area contributed by atoms with Gasteiger partial charge in [-0.05, 0) is 42.9 Å². The van der Waals surface area contributed by atoms with Gasteiger partial charge in [0.2, 0.25) is 0 Å². The van der Waals surface area contributed by atoms with Crippen molar-refractivity contribution < 1.29 is 9.90 Å². The summed E-state index contributed by atoms with van der Waals surface area (Å²) in [4.78, 5) is 12.8. The van der Waals surface area contributed by atoms with Crippen LogP contribution in [-0.2, 0) is 0 Å². The van der Waals surface area contributed by atoms with Crippen molar-refractivity contribution in [2.45, 2.75) is 38.3 Å². The van der Waals surface area contributed by atoms with Gasteiger partial charge in [0, 0.05) is 6.04 Å². The van der Waals surface area contributed by atoms with E-state index in [4.69, 9.17) is 0 Å². The summed E-state index contributed by atoms with van der Waals surface area (Å²) in [7, 11) is 0. The Morgan fingerprint density at radius 1 is 1.33 bits per heavy atom. The second-order valence-corrected chi connectivity index (χ2v) is 5.20. The van der Waals surface area contributed by atoms with Crippen LogP contribution < -0.4 is 0 Å². The predicted molar refractivity (Wildman–Crippen MR) is 70.4 cm³/mol. The Hall–Kier alpha value is -1.77. The fourth-order valence-corrected chi connectivity index (χ4v) is 3.26. The van der Waals surface area contributed by atoms with Crippen molar-refractivity contribution in [1.29, 1.82) is 0 Å². The van der Waals surface area contributed by atoms with Gasteiger partial charge in [0.15, 0.2) is 0 Å². The van der Waals surface area contributed by atoms with Gasteiger partial charge >= 0.3 is 6.09 Å². The summed E-state index contributed by atoms with van der Waals surface area (Å²) < 4.78 is 0. The summed E-state index contributed by atoms with van der Waals surface area (Å²) in [5, 5.41) is 9.23. The highest BCUT2D eigenvalue weighted by atomic mass is 16.4. The van der Waals surface area contributed by atoms with Crippen LogP contribution in [0.1, 0.15) is 30.4 Å². The zero-order valence-electron chi connectivity index (χ0n) is 10.5. The summed E-state index contributed by atoms with van der Waals surface area (Å²) in [6.07, 6.45) is 4.19. The van der Waals surface area contributed by atoms with Gasteiger partial charge in [-0.3, -0.25) is 4.90 Å². The molecule has 0 aromatic heterocycles. The normalized spacial score (nSPS) is 26.1. The Balaban J connectivity index is 1.96. The fourth-order valence-electron chi connectivity index (χ4n) is 3.26. The third-order valence-corrected chi connectivity index (χ3v) is 4.11. The first kappa shape index (κ1) is 11.3. The zero-order chi connectivity index (χ0) is 12.7. The predicted octanol–water partition coefficient (Wildman–Crippen LogP) is 3.29. The Labute approximate surface area is 107 Å². The lowest BCUT2D eigenvalue weighted by Crippen LogP contribution is -2.42. The highest BCUT2D eigenvalue weighted by molar-refractivity contribution is 5.74. The first-order valence-electron chi connectivity index (χ1n) is 6.45. The van der Waals surface area contributed by atoms with Crippen LogP contribution in [0.4, 0.5) is 4.79 Å². The molecule has 1 aromatic rings. The van der Waals surface area contributed by atoms with E-state index in [0.29, 0.717) is 0 Å². The molecule has 94 valence electrons. The number of hydrogen-bond donors (Lipinski definition) is 1. The molecule has 1 fully saturated rings. The summed E-state index contributed by atoms with van der Waals surface area (Å²) in [5.41, 5.74) is 3.87. The molecule has 3 nitrogen and oxygen atoms in total. The first-order valence-corrected chi connectivity index (χ1v) is 6.45. The molecule has 2 heterocycles. The van der Waals surface area contributed by atoms with Crippen LogP contribution in [0.15, 0.2) is 30.3 Å². The monoisotopic (exact) mass is 243 g/mol. The molecule has 2 aliphatic rings. The van der Waals surface area contributed by atoms with Gasteiger partial charge < -0.3 is 5.11 Å². The topological polar surface area (TPSA) is 40.5 Å². The van der Waals surface area contributed by atoms with Crippen molar-refractivity contribution in [3.63, 3.8) is 0 Å². The zero-order valence-corrected chi connectivity index (χ0v) is 10.5. The second-order valence-electron chi connectivity index (χ2n) is 5.20. The Kier molecular flexibility index (Phi) is 2.62. The smallest absolute Gasteiger partial charge is 0.408 e. The van der Waals surface area contributed by atoms with E-state index in [2.05, 4.69) is 31.2 Å². The average molecular weight is 243 g/mol. The number of fused-ring (bicyclic) bond motifs is 2. The van der Waals surface area contributed by atoms with Gasteiger partial charge in [0.25, 0.3) is 0 Å². The van der Waals surface area contributed by atoms with E-state index in [0.717, 1.165) is 19.3 Å². The lowest BCUT2D eigenvalue weighted by Gasteiger charge is -2.32. The number of carboxylic acid groups (broad SMARTS) is 1. The van der Waals surface area contributed by atoms with E-state index >= 15 is 0 Å². The lowest BCUT2D eigenvalue weighted by molar-refractivity contribution is 0.128. The van der Waals surface area contributed by atoms with Crippen molar-refractivity contribution in [3.05, 3.63) is 41.5 Å². The van der Waals surface area contributed by atoms with Crippen molar-refractivity contribution >= 4 is 11.7 Å². The standard InChI is InChI=1S/C15H17NO2/c1-10-4-2-3-5-14(10)11-8-12-6-7-13(9-11)16(12)15(17)18/h2-5,8,12-13H,6-7,9H2,1H3,(H,17,18). The summed E-state index contributed by atoms with van der Waals surface area (Å²) >= 11 is 0. The van der Waals surface area contributed by atoms with Crippen LogP contribution in [0, 0.1) is 6.92 Å². The SMILES string of the molecule is Cc1ccccc1C1=CC2CCC(C1)N2C(=O)O. The van der Waals surface area contributed by atoms with Gasteiger partial charge in [-0.2, -0.15) is 0 Å². The van der Waals surface area contributed by atoms with E-state index in [1.54, 1.807) is 4.90 Å². The van der Waals surface area contributed by atoms with Crippen molar-refractivity contribution in [2.24, 2.45) is 0 Å². The molecule has 1 aromatic carbocycles. The van der Waals surface area contributed by atoms with Crippen LogP contribution in [0.25, 0.3) is 5.57 Å². The third-order valence-electron chi connectivity index (χ3n) is 4.11. The minimum Gasteiger partial charge on any atom is -0.465 e. The van der Waals surface area contributed by atoms with E-state index in [1.165, 1.54) is 16.7 Å². The largest absolute Gasteiger partial charge is 0.465 e. The fraction of sp³-hybridized carbons (Fsp3) is 0.400. The number of hydrogen-bond acceptors (Lipinski definition) is 1. The number of nitrogens with zero attached hydrogens (tertiary/aromatic N) is 1. The molecule has 1 amide bonds. The second kappa shape index (κ2) is 4.16. The number of benzene rings is 1. The van der Waals surface area contributed by atoms with Gasteiger partial charge in [-0.25, -0.2) is 4.79 Å². The van der Waals surface area contributed by atoms with Gasteiger partial charge in [0.1, 0.15) is 0 Å². The molecule has 2 atom stereocenters. The highest BCUT2D eigenvalue weighted by Crippen LogP contribution is 2.39. The molecule has 1 N–H and O–H groups in total. The summed E-state index contributed by atoms with van der Waals surface area (Å²) in [6, 6.07) is 8.59. The molecule has 3 heteroatoms. The third kappa shape index (κ3) is 1.70.